The van der Waals surface area contributed by atoms with Crippen LogP contribution in [0.3, 0.4) is 0 Å². The van der Waals surface area contributed by atoms with E-state index >= 15 is 0 Å². The molecule has 2 aromatic rings. The van der Waals surface area contributed by atoms with Gasteiger partial charge in [0.1, 0.15) is 5.01 Å². The van der Waals surface area contributed by atoms with Gasteiger partial charge in [0.15, 0.2) is 11.5 Å². The molecule has 0 fully saturated rings. The third-order valence-corrected chi connectivity index (χ3v) is 3.99. The van der Waals surface area contributed by atoms with Crippen molar-refractivity contribution in [3.63, 3.8) is 0 Å². The first-order valence-corrected chi connectivity index (χ1v) is 7.47. The van der Waals surface area contributed by atoms with Crippen LogP contribution in [0.25, 0.3) is 10.6 Å². The van der Waals surface area contributed by atoms with Crippen LogP contribution in [0.5, 0.6) is 17.2 Å². The summed E-state index contributed by atoms with van der Waals surface area (Å²) in [5.74, 6) is 1.79. The molecule has 1 aromatic heterocycles. The molecule has 0 radical (unpaired) electrons. The van der Waals surface area contributed by atoms with E-state index in [-0.39, 0.29) is 6.61 Å². The molecule has 0 saturated heterocycles. The van der Waals surface area contributed by atoms with Gasteiger partial charge in [-0.3, -0.25) is 0 Å². The number of aryl methyl sites for hydroxylation is 1. The fraction of sp³-hybridized carbons (Fsp3) is 0.400. The predicted molar refractivity (Wildman–Crippen MR) is 82.6 cm³/mol. The molecule has 0 aliphatic heterocycles. The van der Waals surface area contributed by atoms with Crippen molar-refractivity contribution >= 4 is 11.3 Å². The van der Waals surface area contributed by atoms with Crippen LogP contribution >= 0.6 is 11.3 Å². The molecule has 1 N–H and O–H groups in total. The van der Waals surface area contributed by atoms with E-state index in [1.807, 2.05) is 17.5 Å². The number of hydrogen-bond donors (Lipinski definition) is 1. The molecule has 21 heavy (non-hydrogen) atoms. The summed E-state index contributed by atoms with van der Waals surface area (Å²) in [5, 5.41) is 11.8. The lowest BCUT2D eigenvalue weighted by Gasteiger charge is -2.13. The summed E-state index contributed by atoms with van der Waals surface area (Å²) in [6.07, 6.45) is 1.50. The molecule has 0 aliphatic carbocycles. The third kappa shape index (κ3) is 3.46. The van der Waals surface area contributed by atoms with Gasteiger partial charge >= 0.3 is 0 Å². The zero-order chi connectivity index (χ0) is 15.2. The molecule has 1 aromatic carbocycles. The second-order valence-corrected chi connectivity index (χ2v) is 5.24. The van der Waals surface area contributed by atoms with Gasteiger partial charge in [-0.15, -0.1) is 11.3 Å². The quantitative estimate of drug-likeness (QED) is 0.852. The Kier molecular flexibility index (Phi) is 5.41. The van der Waals surface area contributed by atoms with Crippen LogP contribution < -0.4 is 14.2 Å². The number of methoxy groups -OCH3 is 3. The molecule has 0 unspecified atom stereocenters. The normalized spacial score (nSPS) is 10.5. The van der Waals surface area contributed by atoms with Crippen LogP contribution in [0.2, 0.25) is 0 Å². The van der Waals surface area contributed by atoms with Gasteiger partial charge in [0, 0.05) is 17.6 Å². The number of aromatic nitrogens is 1. The smallest absolute Gasteiger partial charge is 0.203 e. The molecule has 1 heterocycles. The Balaban J connectivity index is 2.37. The first-order valence-electron chi connectivity index (χ1n) is 6.59. The van der Waals surface area contributed by atoms with E-state index in [2.05, 4.69) is 4.98 Å². The number of aliphatic hydroxyl groups excluding tert-OH is 1. The Labute approximate surface area is 128 Å². The maximum absolute atomic E-state index is 8.87. The van der Waals surface area contributed by atoms with Crippen LogP contribution in [-0.4, -0.2) is 38.0 Å². The Bertz CT molecular complexity index is 572. The summed E-state index contributed by atoms with van der Waals surface area (Å²) in [4.78, 5) is 4.58. The molecule has 0 atom stereocenters. The van der Waals surface area contributed by atoms with E-state index in [4.69, 9.17) is 19.3 Å². The second-order valence-electron chi connectivity index (χ2n) is 4.39. The Morgan fingerprint density at radius 2 is 1.76 bits per heavy atom. The molecule has 114 valence electrons. The van der Waals surface area contributed by atoms with Crippen molar-refractivity contribution in [2.24, 2.45) is 0 Å². The van der Waals surface area contributed by atoms with Gasteiger partial charge in [-0.2, -0.15) is 0 Å². The summed E-state index contributed by atoms with van der Waals surface area (Å²) in [5.41, 5.74) is 1.91. The fourth-order valence-corrected chi connectivity index (χ4v) is 2.86. The third-order valence-electron chi connectivity index (χ3n) is 3.05. The number of aliphatic hydroxyl groups is 1. The molecule has 0 aliphatic rings. The molecule has 0 bridgehead atoms. The zero-order valence-corrected chi connectivity index (χ0v) is 13.2. The lowest BCUT2D eigenvalue weighted by molar-refractivity contribution is 0.288. The minimum atomic E-state index is 0.178. The first kappa shape index (κ1) is 15.6. The van der Waals surface area contributed by atoms with Gasteiger partial charge in [-0.05, 0) is 25.0 Å². The highest BCUT2D eigenvalue weighted by atomic mass is 32.1. The SMILES string of the molecule is COc1cc(-c2nc(CCCO)cs2)cc(OC)c1OC. The van der Waals surface area contributed by atoms with Gasteiger partial charge in [0.05, 0.1) is 27.0 Å². The minimum absolute atomic E-state index is 0.178. The molecular formula is C15H19NO4S. The van der Waals surface area contributed by atoms with Crippen LogP contribution in [0.15, 0.2) is 17.5 Å². The summed E-state index contributed by atoms with van der Waals surface area (Å²) in [6.45, 7) is 0.178. The fourth-order valence-electron chi connectivity index (χ4n) is 2.02. The van der Waals surface area contributed by atoms with Crippen molar-refractivity contribution < 1.29 is 19.3 Å². The van der Waals surface area contributed by atoms with Gasteiger partial charge in [-0.1, -0.05) is 0 Å². The summed E-state index contributed by atoms with van der Waals surface area (Å²) >= 11 is 1.56. The van der Waals surface area contributed by atoms with Crippen molar-refractivity contribution in [2.45, 2.75) is 12.8 Å². The monoisotopic (exact) mass is 309 g/mol. The highest BCUT2D eigenvalue weighted by Crippen LogP contribution is 2.41. The first-order chi connectivity index (χ1) is 10.2. The minimum Gasteiger partial charge on any atom is -0.493 e. The van der Waals surface area contributed by atoms with Gasteiger partial charge in [-0.25, -0.2) is 4.98 Å². The Morgan fingerprint density at radius 3 is 2.29 bits per heavy atom. The van der Waals surface area contributed by atoms with E-state index in [0.29, 0.717) is 17.2 Å². The highest BCUT2D eigenvalue weighted by Gasteiger charge is 2.15. The average Bonchev–Trinajstić information content (AvgIpc) is 3.00. The molecule has 6 heteroatoms. The largest absolute Gasteiger partial charge is 0.493 e. The Morgan fingerprint density at radius 1 is 1.10 bits per heavy atom. The summed E-state index contributed by atoms with van der Waals surface area (Å²) in [6, 6.07) is 3.77. The van der Waals surface area contributed by atoms with Gasteiger partial charge in [0.25, 0.3) is 0 Å². The topological polar surface area (TPSA) is 60.8 Å². The lowest BCUT2D eigenvalue weighted by atomic mass is 10.2. The van der Waals surface area contributed by atoms with E-state index in [0.717, 1.165) is 29.1 Å². The van der Waals surface area contributed by atoms with E-state index < -0.39 is 0 Å². The van der Waals surface area contributed by atoms with Crippen molar-refractivity contribution in [1.82, 2.24) is 4.98 Å². The van der Waals surface area contributed by atoms with E-state index in [1.54, 1.807) is 32.7 Å². The number of rotatable bonds is 7. The Hall–Kier alpha value is -1.79. The number of hydrogen-bond acceptors (Lipinski definition) is 6. The zero-order valence-electron chi connectivity index (χ0n) is 12.4. The van der Waals surface area contributed by atoms with Crippen molar-refractivity contribution in [2.75, 3.05) is 27.9 Å². The van der Waals surface area contributed by atoms with Crippen LogP contribution in [0, 0.1) is 0 Å². The number of benzene rings is 1. The predicted octanol–water partition coefficient (Wildman–Crippen LogP) is 2.76. The maximum Gasteiger partial charge on any atom is 0.203 e. The van der Waals surface area contributed by atoms with Crippen LogP contribution in [0.1, 0.15) is 12.1 Å². The molecule has 0 saturated carbocycles. The van der Waals surface area contributed by atoms with Crippen molar-refractivity contribution in [1.29, 1.82) is 0 Å². The standard InChI is InChI=1S/C15H19NO4S/c1-18-12-7-10(8-13(19-2)14(12)20-3)15-16-11(9-21-15)5-4-6-17/h7-9,17H,4-6H2,1-3H3. The summed E-state index contributed by atoms with van der Waals surface area (Å²) < 4.78 is 16.0. The second kappa shape index (κ2) is 7.28. The molecular weight excluding hydrogens is 290 g/mol. The number of thiazole rings is 1. The summed E-state index contributed by atoms with van der Waals surface area (Å²) in [7, 11) is 4.77. The molecule has 5 nitrogen and oxygen atoms in total. The van der Waals surface area contributed by atoms with Gasteiger partial charge in [0.2, 0.25) is 5.75 Å². The van der Waals surface area contributed by atoms with Crippen LogP contribution in [0.4, 0.5) is 0 Å². The van der Waals surface area contributed by atoms with Crippen molar-refractivity contribution in [3.05, 3.63) is 23.2 Å². The van der Waals surface area contributed by atoms with E-state index in [1.165, 1.54) is 0 Å². The number of ether oxygens (including phenoxy) is 3. The molecule has 2 rings (SSSR count). The average molecular weight is 309 g/mol. The van der Waals surface area contributed by atoms with Crippen LogP contribution in [-0.2, 0) is 6.42 Å². The van der Waals surface area contributed by atoms with Gasteiger partial charge < -0.3 is 19.3 Å². The lowest BCUT2D eigenvalue weighted by Crippen LogP contribution is -1.95. The molecule has 0 spiro atoms. The highest BCUT2D eigenvalue weighted by molar-refractivity contribution is 7.13. The number of nitrogens with zero attached hydrogens (tertiary/aromatic N) is 1. The molecule has 0 amide bonds. The van der Waals surface area contributed by atoms with E-state index in [9.17, 15) is 0 Å². The van der Waals surface area contributed by atoms with Crippen molar-refractivity contribution in [3.8, 4) is 27.8 Å². The maximum atomic E-state index is 8.87.